The minimum Gasteiger partial charge on any atom is -0.499 e. The van der Waals surface area contributed by atoms with Crippen LogP contribution in [0.2, 0.25) is 0 Å². The van der Waals surface area contributed by atoms with Gasteiger partial charge in [-0.25, -0.2) is 0 Å². The Balaban J connectivity index is 2.47. The summed E-state index contributed by atoms with van der Waals surface area (Å²) in [7, 11) is 2.39. The Bertz CT molecular complexity index is 165. The number of nitrogens with zero attached hydrogens (tertiary/aromatic N) is 1. The lowest BCUT2D eigenvalue weighted by Gasteiger charge is -2.17. The van der Waals surface area contributed by atoms with Gasteiger partial charge >= 0.3 is 19.6 Å². The highest BCUT2D eigenvalue weighted by atomic mass is 16.6. The van der Waals surface area contributed by atoms with Crippen LogP contribution in [-0.4, -0.2) is 44.7 Å². The molecule has 1 aliphatic heterocycles. The highest BCUT2D eigenvalue weighted by Crippen LogP contribution is 1.91. The minimum absolute atomic E-state index is 0.103. The maximum Gasteiger partial charge on any atom is 0.662 e. The third-order valence-corrected chi connectivity index (χ3v) is 1.16. The van der Waals surface area contributed by atoms with Crippen molar-refractivity contribution in [2.75, 3.05) is 20.1 Å². The first kappa shape index (κ1) is 8.07. The molecule has 1 radical (unpaired) electrons. The Morgan fingerprint density at radius 3 is 2.18 bits per heavy atom. The molecule has 0 spiro atoms. The molecule has 1 heterocycles. The molecule has 1 fully saturated rings. The summed E-state index contributed by atoms with van der Waals surface area (Å²) in [6.45, 7) is 0.206. The zero-order valence-electron chi connectivity index (χ0n) is 6.07. The van der Waals surface area contributed by atoms with Crippen LogP contribution in [0.5, 0.6) is 0 Å². The fraction of sp³-hybridized carbons (Fsp3) is 0.600. The van der Waals surface area contributed by atoms with Crippen molar-refractivity contribution in [3.05, 3.63) is 0 Å². The molecule has 0 aliphatic carbocycles. The van der Waals surface area contributed by atoms with Crippen LogP contribution in [0.4, 0.5) is 0 Å². The second-order valence-corrected chi connectivity index (χ2v) is 2.25. The summed E-state index contributed by atoms with van der Waals surface area (Å²) in [6.07, 6.45) is 0. The van der Waals surface area contributed by atoms with Gasteiger partial charge in [-0.15, -0.1) is 0 Å². The molecule has 0 aromatic rings. The van der Waals surface area contributed by atoms with E-state index in [1.807, 2.05) is 0 Å². The molecule has 0 amide bonds. The van der Waals surface area contributed by atoms with Gasteiger partial charge in [0.15, 0.2) is 0 Å². The van der Waals surface area contributed by atoms with Crippen LogP contribution in [0.15, 0.2) is 0 Å². The first-order chi connectivity index (χ1) is 5.18. The lowest BCUT2D eigenvalue weighted by molar-refractivity contribution is -0.144. The zero-order valence-corrected chi connectivity index (χ0v) is 6.07. The van der Waals surface area contributed by atoms with Crippen LogP contribution in [0.1, 0.15) is 0 Å². The molecule has 1 rings (SSSR count). The van der Waals surface area contributed by atoms with Crippen molar-refractivity contribution in [1.29, 1.82) is 0 Å². The van der Waals surface area contributed by atoms with Gasteiger partial charge in [-0.1, -0.05) is 0 Å². The first-order valence-corrected chi connectivity index (χ1v) is 3.07. The quantitative estimate of drug-likeness (QED) is 0.401. The third kappa shape index (κ3) is 2.59. The average molecular weight is 156 g/mol. The van der Waals surface area contributed by atoms with E-state index >= 15 is 0 Å². The normalized spacial score (nSPS) is 20.8. The summed E-state index contributed by atoms with van der Waals surface area (Å²) in [4.78, 5) is 22.8. The highest BCUT2D eigenvalue weighted by Gasteiger charge is 2.18. The van der Waals surface area contributed by atoms with Gasteiger partial charge in [0.25, 0.3) is 0 Å². The fourth-order valence-electron chi connectivity index (χ4n) is 0.703. The van der Waals surface area contributed by atoms with Crippen LogP contribution >= 0.6 is 0 Å². The zero-order chi connectivity index (χ0) is 8.27. The molecule has 0 saturated carbocycles. The molecule has 0 bridgehead atoms. The van der Waals surface area contributed by atoms with Crippen molar-refractivity contribution < 1.29 is 18.9 Å². The van der Waals surface area contributed by atoms with E-state index in [0.717, 1.165) is 7.69 Å². The topological polar surface area (TPSA) is 55.8 Å². The standard InChI is InChI=1S/C5H7BNO4/c1-7-2-4(8)10-6-11-5(9)3-7/h2-3H2,1H3. The molecule has 1 saturated heterocycles. The molecule has 59 valence electrons. The van der Waals surface area contributed by atoms with E-state index in [1.165, 1.54) is 4.90 Å². The minimum atomic E-state index is -0.431. The number of hydrogen-bond acceptors (Lipinski definition) is 5. The van der Waals surface area contributed by atoms with E-state index in [-0.39, 0.29) is 13.1 Å². The van der Waals surface area contributed by atoms with Crippen LogP contribution in [0.25, 0.3) is 0 Å². The van der Waals surface area contributed by atoms with E-state index in [4.69, 9.17) is 0 Å². The number of likely N-dealkylation sites (N-methyl/N-ethyl adjacent to an activating group) is 1. The van der Waals surface area contributed by atoms with E-state index in [1.54, 1.807) is 7.05 Å². The molecular weight excluding hydrogens is 149 g/mol. The Labute approximate surface area is 64.6 Å². The number of hydrogen-bond donors (Lipinski definition) is 0. The second kappa shape index (κ2) is 3.38. The fourth-order valence-corrected chi connectivity index (χ4v) is 0.703. The molecule has 0 aromatic heterocycles. The number of rotatable bonds is 0. The maximum absolute atomic E-state index is 10.7. The largest absolute Gasteiger partial charge is 0.662 e. The Morgan fingerprint density at radius 2 is 1.73 bits per heavy atom. The Hall–Kier alpha value is -1.04. The van der Waals surface area contributed by atoms with Crippen LogP contribution in [0, 0.1) is 0 Å². The lowest BCUT2D eigenvalue weighted by atomic mass is 10.3. The molecular formula is C5H7BNO4. The smallest absolute Gasteiger partial charge is 0.499 e. The van der Waals surface area contributed by atoms with E-state index in [9.17, 15) is 9.59 Å². The summed E-state index contributed by atoms with van der Waals surface area (Å²) in [6, 6.07) is 0. The van der Waals surface area contributed by atoms with Crippen molar-refractivity contribution in [3.8, 4) is 0 Å². The highest BCUT2D eigenvalue weighted by molar-refractivity contribution is 6.26. The Kier molecular flexibility index (Phi) is 2.48. The molecule has 0 N–H and O–H groups in total. The van der Waals surface area contributed by atoms with Gasteiger partial charge in [-0.2, -0.15) is 0 Å². The molecule has 6 heteroatoms. The van der Waals surface area contributed by atoms with Crippen molar-refractivity contribution in [3.63, 3.8) is 0 Å². The van der Waals surface area contributed by atoms with Gasteiger partial charge in [0.05, 0.1) is 13.1 Å². The van der Waals surface area contributed by atoms with Crippen LogP contribution < -0.4 is 0 Å². The second-order valence-electron chi connectivity index (χ2n) is 2.25. The molecule has 1 aliphatic rings. The summed E-state index contributed by atoms with van der Waals surface area (Å²) in [5.41, 5.74) is 0. The molecule has 5 nitrogen and oxygen atoms in total. The van der Waals surface area contributed by atoms with E-state index in [0.29, 0.717) is 0 Å². The average Bonchev–Trinajstić information content (AvgIpc) is 1.83. The van der Waals surface area contributed by atoms with Gasteiger partial charge < -0.3 is 9.31 Å². The summed E-state index contributed by atoms with van der Waals surface area (Å²) in [5, 5.41) is 0. The van der Waals surface area contributed by atoms with Crippen LogP contribution in [0.3, 0.4) is 0 Å². The molecule has 0 atom stereocenters. The van der Waals surface area contributed by atoms with Gasteiger partial charge in [0, 0.05) is 0 Å². The molecule has 11 heavy (non-hydrogen) atoms. The van der Waals surface area contributed by atoms with Crippen molar-refractivity contribution in [1.82, 2.24) is 4.90 Å². The van der Waals surface area contributed by atoms with Gasteiger partial charge in [0.2, 0.25) is 0 Å². The van der Waals surface area contributed by atoms with Crippen molar-refractivity contribution in [2.45, 2.75) is 0 Å². The Morgan fingerprint density at radius 1 is 1.27 bits per heavy atom. The maximum atomic E-state index is 10.7. The number of carbonyl (C=O) groups excluding carboxylic acids is 2. The van der Waals surface area contributed by atoms with E-state index < -0.39 is 11.9 Å². The molecule has 0 aromatic carbocycles. The van der Waals surface area contributed by atoms with Crippen LogP contribution in [-0.2, 0) is 18.9 Å². The lowest BCUT2D eigenvalue weighted by Crippen LogP contribution is -2.37. The summed E-state index contributed by atoms with van der Waals surface area (Å²) >= 11 is 0. The van der Waals surface area contributed by atoms with Crippen molar-refractivity contribution in [2.24, 2.45) is 0 Å². The van der Waals surface area contributed by atoms with Gasteiger partial charge in [0.1, 0.15) is 0 Å². The number of carbonyl (C=O) groups is 2. The summed E-state index contributed by atoms with van der Waals surface area (Å²) < 4.78 is 8.75. The first-order valence-electron chi connectivity index (χ1n) is 3.07. The SMILES string of the molecule is CN1CC(=O)O[B]OC(=O)C1. The monoisotopic (exact) mass is 156 g/mol. The predicted octanol–water partition coefficient (Wildman–Crippen LogP) is -1.45. The summed E-state index contributed by atoms with van der Waals surface area (Å²) in [5.74, 6) is -0.861. The predicted molar refractivity (Wildman–Crippen MR) is 35.4 cm³/mol. The van der Waals surface area contributed by atoms with Gasteiger partial charge in [-0.3, -0.25) is 14.5 Å². The molecule has 0 unspecified atom stereocenters. The van der Waals surface area contributed by atoms with E-state index in [2.05, 4.69) is 9.31 Å². The van der Waals surface area contributed by atoms with Crippen molar-refractivity contribution >= 4 is 19.6 Å². The third-order valence-electron chi connectivity index (χ3n) is 1.16. The van der Waals surface area contributed by atoms with Gasteiger partial charge in [-0.05, 0) is 7.05 Å².